The van der Waals surface area contributed by atoms with Crippen LogP contribution >= 0.6 is 0 Å². The van der Waals surface area contributed by atoms with E-state index in [1.807, 2.05) is 0 Å². The zero-order valence-corrected chi connectivity index (χ0v) is 13.7. The molecule has 6 N–H and O–H groups in total. The maximum atomic E-state index is 11.2. The van der Waals surface area contributed by atoms with Gasteiger partial charge >= 0.3 is 5.97 Å². The maximum Gasteiger partial charge on any atom is 0.335 e. The first-order chi connectivity index (χ1) is 12.2. The zero-order chi connectivity index (χ0) is 19.2. The maximum absolute atomic E-state index is 11.2. The minimum Gasteiger partial charge on any atom is -0.479 e. The Morgan fingerprint density at radius 1 is 1.12 bits per heavy atom. The summed E-state index contributed by atoms with van der Waals surface area (Å²) in [5.74, 6) is -1.31. The highest BCUT2D eigenvalue weighted by Crippen LogP contribution is 2.33. The van der Waals surface area contributed by atoms with Crippen LogP contribution < -0.4 is 0 Å². The normalized spacial score (nSPS) is 48.5. The third-order valence-corrected chi connectivity index (χ3v) is 4.54. The fourth-order valence-electron chi connectivity index (χ4n) is 3.17. The number of rotatable bonds is 4. The number of carboxylic acid groups (broad SMARTS) is 1. The Balaban J connectivity index is 1.81. The molecule has 2 fully saturated rings. The van der Waals surface area contributed by atoms with Crippen LogP contribution in [-0.2, 0) is 23.7 Å². The summed E-state index contributed by atoms with van der Waals surface area (Å²) in [7, 11) is 0. The molecule has 3 heterocycles. The molecule has 0 aliphatic carbocycles. The largest absolute Gasteiger partial charge is 0.479 e. The van der Waals surface area contributed by atoms with E-state index in [0.29, 0.717) is 0 Å². The van der Waals surface area contributed by atoms with Crippen LogP contribution in [0.15, 0.2) is 4.99 Å². The van der Waals surface area contributed by atoms with Crippen molar-refractivity contribution >= 4 is 11.9 Å². The van der Waals surface area contributed by atoms with Crippen molar-refractivity contribution in [3.8, 4) is 0 Å². The number of aliphatic carboxylic acids is 1. The second-order valence-electron chi connectivity index (χ2n) is 6.31. The number of ether oxygens (including phenoxy) is 4. The van der Waals surface area contributed by atoms with Crippen LogP contribution in [0.1, 0.15) is 6.92 Å². The standard InChI is InChI=1S/C14H21NO11/c1-3-15-5-10(6(17)4(2-16)24-13(5)23-3)25-14-9(20)7(18)8(19)11(26-14)12(21)22/h4-11,13-14,16-20H,2H2,1H3,(H,21,22)/t4-,5+,6-,7+,8+,9-,10-,11+,13-,14-/m1/s1. The Bertz CT molecular complexity index is 571. The van der Waals surface area contributed by atoms with Crippen LogP contribution in [0.25, 0.3) is 0 Å². The molecule has 3 aliphatic heterocycles. The number of hydrogen-bond donors (Lipinski definition) is 6. The summed E-state index contributed by atoms with van der Waals surface area (Å²) in [4.78, 5) is 15.3. The monoisotopic (exact) mass is 379 g/mol. The molecule has 148 valence electrons. The molecule has 12 nitrogen and oxygen atoms in total. The van der Waals surface area contributed by atoms with Gasteiger partial charge in [0.1, 0.15) is 42.7 Å². The van der Waals surface area contributed by atoms with E-state index in [0.717, 1.165) is 0 Å². The average molecular weight is 379 g/mol. The molecule has 0 aromatic carbocycles. The number of hydrogen-bond acceptors (Lipinski definition) is 11. The molecule has 26 heavy (non-hydrogen) atoms. The van der Waals surface area contributed by atoms with E-state index >= 15 is 0 Å². The van der Waals surface area contributed by atoms with Crippen LogP contribution in [0.2, 0.25) is 0 Å². The summed E-state index contributed by atoms with van der Waals surface area (Å²) in [5.41, 5.74) is 0. The number of carbonyl (C=O) groups is 1. The van der Waals surface area contributed by atoms with Gasteiger partial charge in [0.15, 0.2) is 18.3 Å². The Labute approximate surface area is 147 Å². The van der Waals surface area contributed by atoms with Gasteiger partial charge in [-0.1, -0.05) is 0 Å². The Hall–Kier alpha value is -1.38. The summed E-state index contributed by atoms with van der Waals surface area (Å²) in [5, 5.41) is 58.4. The van der Waals surface area contributed by atoms with Crippen molar-refractivity contribution in [1.82, 2.24) is 0 Å². The molecule has 3 aliphatic rings. The van der Waals surface area contributed by atoms with Crippen LogP contribution in [0.3, 0.4) is 0 Å². The molecule has 0 unspecified atom stereocenters. The molecule has 0 aromatic rings. The minimum absolute atomic E-state index is 0.253. The van der Waals surface area contributed by atoms with Gasteiger partial charge < -0.3 is 49.6 Å². The van der Waals surface area contributed by atoms with E-state index in [4.69, 9.17) is 24.1 Å². The molecule has 0 spiro atoms. The summed E-state index contributed by atoms with van der Waals surface area (Å²) in [6, 6.07) is -0.865. The van der Waals surface area contributed by atoms with Gasteiger partial charge in [-0.05, 0) is 0 Å². The smallest absolute Gasteiger partial charge is 0.335 e. The second-order valence-corrected chi connectivity index (χ2v) is 6.31. The van der Waals surface area contributed by atoms with Gasteiger partial charge in [-0.25, -0.2) is 9.79 Å². The third kappa shape index (κ3) is 3.30. The Morgan fingerprint density at radius 2 is 1.81 bits per heavy atom. The summed E-state index contributed by atoms with van der Waals surface area (Å²) in [6.07, 6.45) is -13.6. The fourth-order valence-corrected chi connectivity index (χ4v) is 3.17. The molecule has 0 aromatic heterocycles. The molecule has 0 radical (unpaired) electrons. The molecule has 0 amide bonds. The fraction of sp³-hybridized carbons (Fsp3) is 0.857. The molecule has 3 rings (SSSR count). The van der Waals surface area contributed by atoms with E-state index in [1.165, 1.54) is 0 Å². The quantitative estimate of drug-likeness (QED) is 0.281. The highest BCUT2D eigenvalue weighted by Gasteiger charge is 2.54. The van der Waals surface area contributed by atoms with Crippen LogP contribution in [-0.4, -0.2) is 110 Å². The first-order valence-electron chi connectivity index (χ1n) is 7.98. The summed E-state index contributed by atoms with van der Waals surface area (Å²) >= 11 is 0. The van der Waals surface area contributed by atoms with Gasteiger partial charge in [0, 0.05) is 6.92 Å². The van der Waals surface area contributed by atoms with Crippen molar-refractivity contribution in [3.63, 3.8) is 0 Å². The van der Waals surface area contributed by atoms with E-state index in [-0.39, 0.29) is 5.90 Å². The van der Waals surface area contributed by atoms with Crippen molar-refractivity contribution in [1.29, 1.82) is 0 Å². The van der Waals surface area contributed by atoms with E-state index in [2.05, 4.69) is 4.99 Å². The van der Waals surface area contributed by atoms with E-state index < -0.39 is 73.9 Å². The summed E-state index contributed by atoms with van der Waals surface area (Å²) < 4.78 is 21.3. The highest BCUT2D eigenvalue weighted by atomic mass is 16.7. The number of fused-ring (bicyclic) bond motifs is 1. The summed E-state index contributed by atoms with van der Waals surface area (Å²) in [6.45, 7) is 0.991. The van der Waals surface area contributed by atoms with Crippen molar-refractivity contribution in [2.24, 2.45) is 4.99 Å². The lowest BCUT2D eigenvalue weighted by Gasteiger charge is -2.44. The highest BCUT2D eigenvalue weighted by molar-refractivity contribution is 5.75. The lowest BCUT2D eigenvalue weighted by atomic mass is 9.96. The van der Waals surface area contributed by atoms with Gasteiger partial charge in [0.05, 0.1) is 6.61 Å². The molecular weight excluding hydrogens is 358 g/mol. The van der Waals surface area contributed by atoms with Crippen molar-refractivity contribution in [2.45, 2.75) is 68.3 Å². The van der Waals surface area contributed by atoms with Crippen molar-refractivity contribution < 1.29 is 54.4 Å². The van der Waals surface area contributed by atoms with E-state index in [9.17, 15) is 30.3 Å². The topological polar surface area (TPSA) is 188 Å². The predicted octanol–water partition coefficient (Wildman–Crippen LogP) is -3.84. The lowest BCUT2D eigenvalue weighted by Crippen LogP contribution is -2.64. The SMILES string of the molecule is CC1=N[C@@H]2[C@H](O1)O[C@H](CO)[C@@H](O)[C@@H]2O[C@@H]1O[C@H](C(=O)O)[C@@H](O)[C@H](O)[C@H]1O. The molecule has 10 atom stereocenters. The van der Waals surface area contributed by atoms with Gasteiger partial charge in [0.2, 0.25) is 6.29 Å². The first kappa shape index (κ1) is 19.4. The van der Waals surface area contributed by atoms with Gasteiger partial charge in [-0.2, -0.15) is 0 Å². The number of aliphatic hydroxyl groups is 5. The van der Waals surface area contributed by atoms with Gasteiger partial charge in [-0.15, -0.1) is 0 Å². The molecule has 12 heteroatoms. The van der Waals surface area contributed by atoms with E-state index in [1.54, 1.807) is 6.92 Å². The lowest BCUT2D eigenvalue weighted by molar-refractivity contribution is -0.331. The average Bonchev–Trinajstić information content (AvgIpc) is 2.96. The minimum atomic E-state index is -1.87. The molecule has 2 saturated heterocycles. The number of aliphatic imine (C=N–C) groups is 1. The third-order valence-electron chi connectivity index (χ3n) is 4.54. The Kier molecular flexibility index (Phi) is 5.46. The van der Waals surface area contributed by atoms with Gasteiger partial charge in [-0.3, -0.25) is 0 Å². The van der Waals surface area contributed by atoms with Crippen LogP contribution in [0, 0.1) is 0 Å². The molecule has 0 bridgehead atoms. The van der Waals surface area contributed by atoms with Crippen LogP contribution in [0.4, 0.5) is 0 Å². The van der Waals surface area contributed by atoms with Crippen molar-refractivity contribution in [2.75, 3.05) is 6.61 Å². The number of carboxylic acids is 1. The van der Waals surface area contributed by atoms with Gasteiger partial charge in [0.25, 0.3) is 0 Å². The second kappa shape index (κ2) is 7.32. The predicted molar refractivity (Wildman–Crippen MR) is 78.9 cm³/mol. The number of aliphatic hydroxyl groups excluding tert-OH is 5. The first-order valence-corrected chi connectivity index (χ1v) is 7.98. The molecular formula is C14H21NO11. The molecule has 0 saturated carbocycles. The van der Waals surface area contributed by atoms with Crippen LogP contribution in [0.5, 0.6) is 0 Å². The van der Waals surface area contributed by atoms with Crippen molar-refractivity contribution in [3.05, 3.63) is 0 Å². The zero-order valence-electron chi connectivity index (χ0n) is 13.7. The Morgan fingerprint density at radius 3 is 2.42 bits per heavy atom. The number of nitrogens with zero attached hydrogens (tertiary/aromatic N) is 1.